The fourth-order valence-corrected chi connectivity index (χ4v) is 3.56. The molecule has 1 heterocycles. The zero-order chi connectivity index (χ0) is 11.3. The molecule has 16 heavy (non-hydrogen) atoms. The van der Waals surface area contributed by atoms with Crippen molar-refractivity contribution in [3.63, 3.8) is 0 Å². The minimum atomic E-state index is 0.656. The van der Waals surface area contributed by atoms with Crippen molar-refractivity contribution in [2.75, 3.05) is 0 Å². The van der Waals surface area contributed by atoms with Gasteiger partial charge < -0.3 is 0 Å². The fourth-order valence-electron chi connectivity index (χ4n) is 2.36. The summed E-state index contributed by atoms with van der Waals surface area (Å²) < 4.78 is 0. The predicted octanol–water partition coefficient (Wildman–Crippen LogP) is 4.75. The lowest BCUT2D eigenvalue weighted by Gasteiger charge is -2.02. The molecule has 1 aromatic carbocycles. The predicted molar refractivity (Wildman–Crippen MR) is 71.4 cm³/mol. The topological polar surface area (TPSA) is 0 Å². The van der Waals surface area contributed by atoms with E-state index in [0.717, 1.165) is 6.42 Å². The first kappa shape index (κ1) is 10.1. The second-order valence-corrected chi connectivity index (χ2v) is 6.15. The van der Waals surface area contributed by atoms with Gasteiger partial charge in [0, 0.05) is 16.2 Å². The van der Waals surface area contributed by atoms with Gasteiger partial charge in [-0.05, 0) is 35.6 Å². The van der Waals surface area contributed by atoms with E-state index in [2.05, 4.69) is 45.0 Å². The van der Waals surface area contributed by atoms with Crippen LogP contribution in [0.1, 0.15) is 40.6 Å². The number of rotatable bonds is 1. The molecular formula is C15H16S. The van der Waals surface area contributed by atoms with Crippen LogP contribution in [0.3, 0.4) is 0 Å². The van der Waals surface area contributed by atoms with Crippen LogP contribution in [-0.2, 0) is 6.42 Å². The van der Waals surface area contributed by atoms with Gasteiger partial charge in [0.05, 0.1) is 0 Å². The van der Waals surface area contributed by atoms with Gasteiger partial charge in [0.15, 0.2) is 0 Å². The maximum atomic E-state index is 2.40. The van der Waals surface area contributed by atoms with Gasteiger partial charge in [-0.25, -0.2) is 0 Å². The molecule has 0 amide bonds. The monoisotopic (exact) mass is 228 g/mol. The van der Waals surface area contributed by atoms with Gasteiger partial charge in [0.2, 0.25) is 0 Å². The Balaban J connectivity index is 2.15. The van der Waals surface area contributed by atoms with Crippen molar-refractivity contribution in [3.05, 3.63) is 45.1 Å². The van der Waals surface area contributed by atoms with E-state index in [0.29, 0.717) is 5.92 Å². The zero-order valence-electron chi connectivity index (χ0n) is 10.0. The Kier molecular flexibility index (Phi) is 2.18. The minimum absolute atomic E-state index is 0.656. The normalized spacial score (nSPS) is 13.0. The van der Waals surface area contributed by atoms with Crippen molar-refractivity contribution < 1.29 is 0 Å². The van der Waals surface area contributed by atoms with E-state index < -0.39 is 0 Å². The molecule has 1 heteroatoms. The molecule has 0 atom stereocenters. The highest BCUT2D eigenvalue weighted by molar-refractivity contribution is 7.12. The number of hydrogen-bond acceptors (Lipinski definition) is 1. The van der Waals surface area contributed by atoms with E-state index >= 15 is 0 Å². The largest absolute Gasteiger partial charge is 0.144 e. The molecule has 0 aliphatic heterocycles. The Labute approximate surface area is 101 Å². The molecule has 1 aliphatic carbocycles. The first-order valence-electron chi connectivity index (χ1n) is 5.87. The van der Waals surface area contributed by atoms with Gasteiger partial charge in [0.25, 0.3) is 0 Å². The van der Waals surface area contributed by atoms with Crippen LogP contribution in [0.2, 0.25) is 0 Å². The average molecular weight is 228 g/mol. The van der Waals surface area contributed by atoms with Crippen LogP contribution in [0, 0.1) is 6.92 Å². The van der Waals surface area contributed by atoms with Crippen molar-refractivity contribution in [1.82, 2.24) is 0 Å². The highest BCUT2D eigenvalue weighted by atomic mass is 32.1. The third-order valence-electron chi connectivity index (χ3n) is 3.30. The van der Waals surface area contributed by atoms with Crippen LogP contribution in [0.15, 0.2) is 24.3 Å². The number of benzene rings is 1. The van der Waals surface area contributed by atoms with Crippen molar-refractivity contribution in [1.29, 1.82) is 0 Å². The molecule has 0 radical (unpaired) electrons. The molecule has 0 saturated carbocycles. The van der Waals surface area contributed by atoms with Crippen molar-refractivity contribution in [2.24, 2.45) is 0 Å². The van der Waals surface area contributed by atoms with Gasteiger partial charge in [-0.2, -0.15) is 0 Å². The Morgan fingerprint density at radius 3 is 2.69 bits per heavy atom. The second kappa shape index (κ2) is 3.46. The zero-order valence-corrected chi connectivity index (χ0v) is 10.8. The van der Waals surface area contributed by atoms with E-state index in [-0.39, 0.29) is 0 Å². The van der Waals surface area contributed by atoms with Gasteiger partial charge in [0.1, 0.15) is 0 Å². The van der Waals surface area contributed by atoms with E-state index in [1.54, 1.807) is 4.88 Å². The molecular weight excluding hydrogens is 212 g/mol. The van der Waals surface area contributed by atoms with Crippen LogP contribution in [0.4, 0.5) is 0 Å². The van der Waals surface area contributed by atoms with E-state index in [1.165, 1.54) is 27.1 Å². The van der Waals surface area contributed by atoms with Crippen LogP contribution < -0.4 is 0 Å². The summed E-state index contributed by atoms with van der Waals surface area (Å²) in [6.45, 7) is 6.73. The third kappa shape index (κ3) is 1.42. The summed E-state index contributed by atoms with van der Waals surface area (Å²) in [5, 5.41) is 0. The van der Waals surface area contributed by atoms with Crippen molar-refractivity contribution >= 4 is 11.3 Å². The molecule has 1 aromatic heterocycles. The van der Waals surface area contributed by atoms with Crippen molar-refractivity contribution in [2.45, 2.75) is 33.1 Å². The second-order valence-electron chi connectivity index (χ2n) is 4.98. The summed E-state index contributed by atoms with van der Waals surface area (Å²) in [4.78, 5) is 3.08. The number of fused-ring (bicyclic) bond motifs is 3. The highest BCUT2D eigenvalue weighted by Gasteiger charge is 2.21. The fraction of sp³-hybridized carbons (Fsp3) is 0.333. The Bertz CT molecular complexity index is 547. The molecule has 0 nitrogen and oxygen atoms in total. The molecule has 0 unspecified atom stereocenters. The van der Waals surface area contributed by atoms with Gasteiger partial charge in [-0.15, -0.1) is 11.3 Å². The molecule has 1 aliphatic rings. The Morgan fingerprint density at radius 1 is 1.12 bits per heavy atom. The van der Waals surface area contributed by atoms with Gasteiger partial charge in [-0.3, -0.25) is 0 Å². The molecule has 0 saturated heterocycles. The standard InChI is InChI=1S/C15H16S/c1-9(2)14-8-13-12-6-10(3)4-5-11(12)7-15(13)16-14/h4-6,8-9H,7H2,1-3H3. The minimum Gasteiger partial charge on any atom is -0.144 e. The Hall–Kier alpha value is -1.08. The molecule has 3 rings (SSSR count). The number of hydrogen-bond donors (Lipinski definition) is 0. The lowest BCUT2D eigenvalue weighted by atomic mass is 10.0. The molecule has 0 spiro atoms. The number of aryl methyl sites for hydroxylation is 1. The highest BCUT2D eigenvalue weighted by Crippen LogP contribution is 2.43. The summed E-state index contributed by atoms with van der Waals surface area (Å²) in [5.74, 6) is 0.656. The van der Waals surface area contributed by atoms with Gasteiger partial charge in [-0.1, -0.05) is 37.6 Å². The first-order valence-corrected chi connectivity index (χ1v) is 6.69. The van der Waals surface area contributed by atoms with Crippen LogP contribution >= 0.6 is 11.3 Å². The molecule has 2 aromatic rings. The molecule has 0 bridgehead atoms. The lowest BCUT2D eigenvalue weighted by molar-refractivity contribution is 0.890. The van der Waals surface area contributed by atoms with Crippen molar-refractivity contribution in [3.8, 4) is 11.1 Å². The van der Waals surface area contributed by atoms with E-state index in [1.807, 2.05) is 11.3 Å². The average Bonchev–Trinajstić information content (AvgIpc) is 2.75. The van der Waals surface area contributed by atoms with E-state index in [4.69, 9.17) is 0 Å². The molecule has 82 valence electrons. The summed E-state index contributed by atoms with van der Waals surface area (Å²) in [6, 6.07) is 9.24. The first-order chi connectivity index (χ1) is 7.65. The van der Waals surface area contributed by atoms with Crippen LogP contribution in [0.25, 0.3) is 11.1 Å². The maximum Gasteiger partial charge on any atom is 0.0171 e. The summed E-state index contributed by atoms with van der Waals surface area (Å²) in [7, 11) is 0. The van der Waals surface area contributed by atoms with Crippen LogP contribution in [-0.4, -0.2) is 0 Å². The lowest BCUT2D eigenvalue weighted by Crippen LogP contribution is -1.83. The van der Waals surface area contributed by atoms with Gasteiger partial charge >= 0.3 is 0 Å². The third-order valence-corrected chi connectivity index (χ3v) is 4.74. The maximum absolute atomic E-state index is 2.40. The van der Waals surface area contributed by atoms with E-state index in [9.17, 15) is 0 Å². The molecule has 0 fully saturated rings. The Morgan fingerprint density at radius 2 is 1.94 bits per heavy atom. The summed E-state index contributed by atoms with van der Waals surface area (Å²) in [5.41, 5.74) is 5.83. The summed E-state index contributed by atoms with van der Waals surface area (Å²) in [6.07, 6.45) is 1.14. The van der Waals surface area contributed by atoms with Crippen LogP contribution in [0.5, 0.6) is 0 Å². The quantitative estimate of drug-likeness (QED) is 0.564. The number of thiophene rings is 1. The summed E-state index contributed by atoms with van der Waals surface area (Å²) >= 11 is 1.99. The smallest absolute Gasteiger partial charge is 0.0171 e. The SMILES string of the molecule is Cc1ccc2c(c1)-c1cc(C(C)C)sc1C2. The molecule has 0 N–H and O–H groups in total.